The molecular weight excluding hydrogens is 144 g/mol. The molecule has 0 aliphatic carbocycles. The van der Waals surface area contributed by atoms with E-state index in [9.17, 15) is 4.79 Å². The van der Waals surface area contributed by atoms with Crippen LogP contribution >= 0.6 is 0 Å². The van der Waals surface area contributed by atoms with Gasteiger partial charge in [-0.15, -0.1) is 0 Å². The van der Waals surface area contributed by atoms with E-state index in [0.717, 1.165) is 11.3 Å². The Bertz CT molecular complexity index is 322. The molecule has 0 radical (unpaired) electrons. The number of esters is 1. The number of carbonyl (C=O) groups is 1. The molecule has 11 heavy (non-hydrogen) atoms. The number of furan rings is 1. The Hall–Kier alpha value is -1.25. The van der Waals surface area contributed by atoms with Gasteiger partial charge in [0.15, 0.2) is 0 Å². The second-order valence-electron chi connectivity index (χ2n) is 2.64. The number of hydrogen-bond donors (Lipinski definition) is 0. The molecule has 0 atom stereocenters. The van der Waals surface area contributed by atoms with Gasteiger partial charge in [-0.25, -0.2) is 4.79 Å². The van der Waals surface area contributed by atoms with Gasteiger partial charge in [0.05, 0.1) is 0 Å². The van der Waals surface area contributed by atoms with Crippen molar-refractivity contribution in [2.75, 3.05) is 0 Å². The zero-order valence-electron chi connectivity index (χ0n) is 6.43. The maximum Gasteiger partial charge on any atom is 0.342 e. The standard InChI is InChI=1S/C8H8O3/c1-4-6-3-10-8(9)7(6)5(2)11-4/h3H2,1-2H3. The molecule has 2 rings (SSSR count). The molecule has 0 saturated carbocycles. The van der Waals surface area contributed by atoms with Crippen molar-refractivity contribution in [1.29, 1.82) is 0 Å². The van der Waals surface area contributed by atoms with Gasteiger partial charge in [-0.1, -0.05) is 0 Å². The summed E-state index contributed by atoms with van der Waals surface area (Å²) in [6.45, 7) is 3.99. The topological polar surface area (TPSA) is 39.4 Å². The number of carbonyl (C=O) groups excluding carboxylic acids is 1. The van der Waals surface area contributed by atoms with Crippen molar-refractivity contribution in [2.24, 2.45) is 0 Å². The van der Waals surface area contributed by atoms with E-state index >= 15 is 0 Å². The highest BCUT2D eigenvalue weighted by atomic mass is 16.5. The van der Waals surface area contributed by atoms with Gasteiger partial charge in [0.1, 0.15) is 23.7 Å². The van der Waals surface area contributed by atoms with Crippen molar-refractivity contribution < 1.29 is 13.9 Å². The number of fused-ring (bicyclic) bond motifs is 1. The minimum atomic E-state index is -0.255. The molecule has 0 N–H and O–H groups in total. The number of rotatable bonds is 0. The molecule has 58 valence electrons. The van der Waals surface area contributed by atoms with Crippen LogP contribution < -0.4 is 0 Å². The molecular formula is C8H8O3. The molecule has 2 heterocycles. The monoisotopic (exact) mass is 152 g/mol. The third-order valence-electron chi connectivity index (χ3n) is 1.94. The van der Waals surface area contributed by atoms with E-state index in [4.69, 9.17) is 9.15 Å². The van der Waals surface area contributed by atoms with Crippen LogP contribution in [0.5, 0.6) is 0 Å². The SMILES string of the molecule is Cc1oc(C)c2c1COC2=O. The smallest absolute Gasteiger partial charge is 0.342 e. The highest BCUT2D eigenvalue weighted by molar-refractivity contribution is 5.94. The minimum Gasteiger partial charge on any atom is -0.465 e. The summed E-state index contributed by atoms with van der Waals surface area (Å²) >= 11 is 0. The van der Waals surface area contributed by atoms with Crippen molar-refractivity contribution in [3.05, 3.63) is 22.6 Å². The fourth-order valence-electron chi connectivity index (χ4n) is 1.38. The number of ether oxygens (including phenoxy) is 1. The van der Waals surface area contributed by atoms with Gasteiger partial charge in [-0.2, -0.15) is 0 Å². The summed E-state index contributed by atoms with van der Waals surface area (Å²) in [7, 11) is 0. The first-order chi connectivity index (χ1) is 5.20. The summed E-state index contributed by atoms with van der Waals surface area (Å²) < 4.78 is 10.1. The lowest BCUT2D eigenvalue weighted by Gasteiger charge is -1.91. The normalized spacial score (nSPS) is 14.9. The summed E-state index contributed by atoms with van der Waals surface area (Å²) in [5.41, 5.74) is 1.54. The summed E-state index contributed by atoms with van der Waals surface area (Å²) in [4.78, 5) is 11.0. The van der Waals surface area contributed by atoms with Crippen LogP contribution in [0.4, 0.5) is 0 Å². The fourth-order valence-corrected chi connectivity index (χ4v) is 1.38. The first-order valence-corrected chi connectivity index (χ1v) is 3.46. The van der Waals surface area contributed by atoms with Crippen LogP contribution in [0.2, 0.25) is 0 Å². The molecule has 3 heteroatoms. The molecule has 0 bridgehead atoms. The lowest BCUT2D eigenvalue weighted by Crippen LogP contribution is -1.94. The van der Waals surface area contributed by atoms with Crippen LogP contribution in [0, 0.1) is 13.8 Å². The van der Waals surface area contributed by atoms with E-state index in [1.165, 1.54) is 0 Å². The van der Waals surface area contributed by atoms with Gasteiger partial charge in [0.2, 0.25) is 0 Å². The van der Waals surface area contributed by atoms with E-state index in [-0.39, 0.29) is 5.97 Å². The van der Waals surface area contributed by atoms with Gasteiger partial charge in [0.25, 0.3) is 0 Å². The van der Waals surface area contributed by atoms with Crippen LogP contribution in [0.15, 0.2) is 4.42 Å². The first-order valence-electron chi connectivity index (χ1n) is 3.46. The van der Waals surface area contributed by atoms with Gasteiger partial charge in [-0.3, -0.25) is 0 Å². The minimum absolute atomic E-state index is 0.255. The number of cyclic esters (lactones) is 1. The third kappa shape index (κ3) is 0.707. The Morgan fingerprint density at radius 3 is 2.64 bits per heavy atom. The largest absolute Gasteiger partial charge is 0.465 e. The zero-order valence-corrected chi connectivity index (χ0v) is 6.43. The molecule has 1 aliphatic heterocycles. The van der Waals surface area contributed by atoms with Crippen molar-refractivity contribution in [3.63, 3.8) is 0 Å². The molecule has 3 nitrogen and oxygen atoms in total. The van der Waals surface area contributed by atoms with E-state index < -0.39 is 0 Å². The second kappa shape index (κ2) is 1.87. The highest BCUT2D eigenvalue weighted by Crippen LogP contribution is 2.28. The highest BCUT2D eigenvalue weighted by Gasteiger charge is 2.28. The second-order valence-corrected chi connectivity index (χ2v) is 2.64. The quantitative estimate of drug-likeness (QED) is 0.529. The first kappa shape index (κ1) is 6.46. The van der Waals surface area contributed by atoms with Crippen LogP contribution in [0.3, 0.4) is 0 Å². The predicted molar refractivity (Wildman–Crippen MR) is 37.3 cm³/mol. The maximum absolute atomic E-state index is 11.0. The van der Waals surface area contributed by atoms with Gasteiger partial charge in [0, 0.05) is 5.56 Å². The fraction of sp³-hybridized carbons (Fsp3) is 0.375. The number of hydrogen-bond acceptors (Lipinski definition) is 3. The van der Waals surface area contributed by atoms with Gasteiger partial charge < -0.3 is 9.15 Å². The van der Waals surface area contributed by atoms with Crippen molar-refractivity contribution in [1.82, 2.24) is 0 Å². The molecule has 0 saturated heterocycles. The van der Waals surface area contributed by atoms with Crippen molar-refractivity contribution >= 4 is 5.97 Å². The molecule has 0 spiro atoms. The van der Waals surface area contributed by atoms with Crippen molar-refractivity contribution in [2.45, 2.75) is 20.5 Å². The molecule has 0 aromatic carbocycles. The van der Waals surface area contributed by atoms with E-state index in [1.807, 2.05) is 6.92 Å². The van der Waals surface area contributed by atoms with E-state index in [0.29, 0.717) is 17.9 Å². The van der Waals surface area contributed by atoms with Crippen molar-refractivity contribution in [3.8, 4) is 0 Å². The lowest BCUT2D eigenvalue weighted by atomic mass is 10.1. The molecule has 1 aromatic heterocycles. The maximum atomic E-state index is 11.0. The Kier molecular flexibility index (Phi) is 1.10. The lowest BCUT2D eigenvalue weighted by molar-refractivity contribution is 0.0528. The van der Waals surface area contributed by atoms with Gasteiger partial charge >= 0.3 is 5.97 Å². The van der Waals surface area contributed by atoms with Gasteiger partial charge in [-0.05, 0) is 13.8 Å². The van der Waals surface area contributed by atoms with Crippen LogP contribution in [-0.2, 0) is 11.3 Å². The third-order valence-corrected chi connectivity index (χ3v) is 1.94. The summed E-state index contributed by atoms with van der Waals surface area (Å²) in [6.07, 6.45) is 0. The van der Waals surface area contributed by atoms with E-state index in [2.05, 4.69) is 0 Å². The molecule has 1 aromatic rings. The summed E-state index contributed by atoms with van der Waals surface area (Å²) in [6, 6.07) is 0. The molecule has 0 unspecified atom stereocenters. The predicted octanol–water partition coefficient (Wildman–Crippen LogP) is 1.57. The Labute approximate surface area is 64.0 Å². The summed E-state index contributed by atoms with van der Waals surface area (Å²) in [5, 5.41) is 0. The summed E-state index contributed by atoms with van der Waals surface area (Å²) in [5.74, 6) is 1.21. The zero-order chi connectivity index (χ0) is 8.01. The molecule has 0 amide bonds. The van der Waals surface area contributed by atoms with E-state index in [1.54, 1.807) is 6.92 Å². The van der Waals surface area contributed by atoms with Crippen LogP contribution in [-0.4, -0.2) is 5.97 Å². The molecule has 0 fully saturated rings. The Balaban J connectivity index is 2.69. The van der Waals surface area contributed by atoms with Crippen LogP contribution in [0.25, 0.3) is 0 Å². The Morgan fingerprint density at radius 2 is 2.00 bits per heavy atom. The average Bonchev–Trinajstić information content (AvgIpc) is 2.41. The average molecular weight is 152 g/mol. The Morgan fingerprint density at radius 1 is 1.27 bits per heavy atom. The molecule has 1 aliphatic rings. The number of aryl methyl sites for hydroxylation is 2. The van der Waals surface area contributed by atoms with Crippen LogP contribution in [0.1, 0.15) is 27.4 Å².